The lowest BCUT2D eigenvalue weighted by Crippen LogP contribution is -2.50. The van der Waals surface area contributed by atoms with E-state index in [1.165, 1.54) is 23.8 Å². The number of hydrogen-bond acceptors (Lipinski definition) is 5. The highest BCUT2D eigenvalue weighted by Crippen LogP contribution is 2.25. The van der Waals surface area contributed by atoms with Crippen molar-refractivity contribution in [2.75, 3.05) is 46.4 Å². The van der Waals surface area contributed by atoms with E-state index in [1.807, 2.05) is 6.07 Å². The Hall–Kier alpha value is -1.89. The van der Waals surface area contributed by atoms with Gasteiger partial charge in [-0.1, -0.05) is 6.07 Å². The van der Waals surface area contributed by atoms with Gasteiger partial charge < -0.3 is 14.5 Å². The summed E-state index contributed by atoms with van der Waals surface area (Å²) in [7, 11) is 1.66. The zero-order valence-corrected chi connectivity index (χ0v) is 17.4. The molecule has 29 heavy (non-hydrogen) atoms. The predicted octanol–water partition coefficient (Wildman–Crippen LogP) is 2.87. The van der Waals surface area contributed by atoms with E-state index in [2.05, 4.69) is 33.3 Å². The molecule has 3 heterocycles. The number of nitrogens with one attached hydrogen (secondary N) is 1. The number of ether oxygens (including phenoxy) is 1. The number of nitrogens with zero attached hydrogens (tertiary/aromatic N) is 2. The second-order valence-electron chi connectivity index (χ2n) is 8.42. The second kappa shape index (κ2) is 9.74. The molecule has 2 saturated heterocycles. The summed E-state index contributed by atoms with van der Waals surface area (Å²) < 4.78 is 10.5. The Balaban J connectivity index is 1.25. The number of rotatable bonds is 7. The zero-order valence-electron chi connectivity index (χ0n) is 17.4. The number of furan rings is 1. The fourth-order valence-electron chi connectivity index (χ4n) is 4.79. The highest BCUT2D eigenvalue weighted by molar-refractivity contribution is 5.79. The molecule has 1 amide bonds. The molecule has 0 saturated carbocycles. The van der Waals surface area contributed by atoms with E-state index >= 15 is 0 Å². The van der Waals surface area contributed by atoms with Crippen LogP contribution in [-0.2, 0) is 16.1 Å². The first-order valence-electron chi connectivity index (χ1n) is 10.9. The van der Waals surface area contributed by atoms with Gasteiger partial charge in [-0.05, 0) is 69.1 Å². The number of fused-ring (bicyclic) bond motifs is 1. The summed E-state index contributed by atoms with van der Waals surface area (Å²) in [5.74, 6) is 0.319. The van der Waals surface area contributed by atoms with Crippen molar-refractivity contribution in [3.8, 4) is 0 Å². The first kappa shape index (κ1) is 20.4. The van der Waals surface area contributed by atoms with Crippen LogP contribution in [0.3, 0.4) is 0 Å². The maximum absolute atomic E-state index is 12.4. The van der Waals surface area contributed by atoms with Gasteiger partial charge in [-0.25, -0.2) is 0 Å². The lowest BCUT2D eigenvalue weighted by Gasteiger charge is -2.42. The van der Waals surface area contributed by atoms with Crippen molar-refractivity contribution in [1.82, 2.24) is 15.1 Å². The van der Waals surface area contributed by atoms with Gasteiger partial charge in [0.2, 0.25) is 5.91 Å². The standard InChI is InChI=1S/C23H33N3O3/c1-28-14-9-24-23(27)20-3-2-10-26(17-20)21-6-11-25(12-7-21)16-18-4-5-22-19(15-18)8-13-29-22/h4-5,8,13,15,20-21H,2-3,6-7,9-12,14,16-17H2,1H3,(H,24,27)/t20-/m0/s1. The third-order valence-corrected chi connectivity index (χ3v) is 6.43. The summed E-state index contributed by atoms with van der Waals surface area (Å²) in [4.78, 5) is 17.5. The smallest absolute Gasteiger partial charge is 0.224 e. The van der Waals surface area contributed by atoms with E-state index in [1.54, 1.807) is 13.4 Å². The minimum Gasteiger partial charge on any atom is -0.464 e. The zero-order chi connectivity index (χ0) is 20.1. The number of piperidine rings is 2. The number of carbonyl (C=O) groups excluding carboxylic acids is 1. The quantitative estimate of drug-likeness (QED) is 0.726. The van der Waals surface area contributed by atoms with Crippen LogP contribution >= 0.6 is 0 Å². The molecule has 0 radical (unpaired) electrons. The van der Waals surface area contributed by atoms with Crippen molar-refractivity contribution in [2.45, 2.75) is 38.3 Å². The largest absolute Gasteiger partial charge is 0.464 e. The monoisotopic (exact) mass is 399 g/mol. The van der Waals surface area contributed by atoms with Crippen molar-refractivity contribution in [3.05, 3.63) is 36.1 Å². The molecule has 2 aliphatic rings. The van der Waals surface area contributed by atoms with Gasteiger partial charge in [0.25, 0.3) is 0 Å². The number of benzene rings is 1. The highest BCUT2D eigenvalue weighted by atomic mass is 16.5. The van der Waals surface area contributed by atoms with Crippen molar-refractivity contribution < 1.29 is 13.9 Å². The van der Waals surface area contributed by atoms with E-state index in [0.29, 0.717) is 19.2 Å². The molecule has 1 aromatic heterocycles. The maximum Gasteiger partial charge on any atom is 0.224 e. The molecule has 0 unspecified atom stereocenters. The van der Waals surface area contributed by atoms with Gasteiger partial charge in [0.05, 0.1) is 18.8 Å². The Labute approximate surface area is 173 Å². The summed E-state index contributed by atoms with van der Waals surface area (Å²) in [5.41, 5.74) is 2.31. The Bertz CT molecular complexity index is 798. The fourth-order valence-corrected chi connectivity index (χ4v) is 4.79. The normalized spacial score (nSPS) is 22.2. The van der Waals surface area contributed by atoms with E-state index < -0.39 is 0 Å². The molecule has 6 heteroatoms. The van der Waals surface area contributed by atoms with Crippen LogP contribution in [0.25, 0.3) is 11.0 Å². The van der Waals surface area contributed by atoms with Gasteiger partial charge in [0.15, 0.2) is 0 Å². The van der Waals surface area contributed by atoms with Crippen molar-refractivity contribution in [2.24, 2.45) is 5.92 Å². The molecule has 158 valence electrons. The number of hydrogen-bond donors (Lipinski definition) is 1. The number of methoxy groups -OCH3 is 1. The predicted molar refractivity (Wildman–Crippen MR) is 114 cm³/mol. The van der Waals surface area contributed by atoms with Crippen LogP contribution in [-0.4, -0.2) is 68.2 Å². The van der Waals surface area contributed by atoms with Crippen molar-refractivity contribution >= 4 is 16.9 Å². The van der Waals surface area contributed by atoms with Crippen LogP contribution in [0.2, 0.25) is 0 Å². The molecule has 4 rings (SSSR count). The molecule has 2 fully saturated rings. The second-order valence-corrected chi connectivity index (χ2v) is 8.42. The van der Waals surface area contributed by atoms with Crippen LogP contribution in [0, 0.1) is 5.92 Å². The van der Waals surface area contributed by atoms with Crippen molar-refractivity contribution in [1.29, 1.82) is 0 Å². The van der Waals surface area contributed by atoms with Crippen LogP contribution in [0.5, 0.6) is 0 Å². The van der Waals surface area contributed by atoms with Gasteiger partial charge >= 0.3 is 0 Å². The molecule has 0 spiro atoms. The van der Waals surface area contributed by atoms with Crippen LogP contribution in [0.1, 0.15) is 31.2 Å². The van der Waals surface area contributed by atoms with E-state index in [-0.39, 0.29) is 11.8 Å². The lowest BCUT2D eigenvalue weighted by atomic mass is 9.93. The van der Waals surface area contributed by atoms with Crippen LogP contribution in [0.15, 0.2) is 34.9 Å². The molecular weight excluding hydrogens is 366 g/mol. The van der Waals surface area contributed by atoms with E-state index in [4.69, 9.17) is 9.15 Å². The highest BCUT2D eigenvalue weighted by Gasteiger charge is 2.31. The van der Waals surface area contributed by atoms with Gasteiger partial charge in [-0.15, -0.1) is 0 Å². The van der Waals surface area contributed by atoms with Gasteiger partial charge in [0, 0.05) is 38.2 Å². The summed E-state index contributed by atoms with van der Waals surface area (Å²) in [5, 5.41) is 4.20. The minimum absolute atomic E-state index is 0.125. The third-order valence-electron chi connectivity index (χ3n) is 6.43. The SMILES string of the molecule is COCCNC(=O)[C@H]1CCCN(C2CCN(Cc3ccc4occc4c3)CC2)C1. The summed E-state index contributed by atoms with van der Waals surface area (Å²) in [6, 6.07) is 9.13. The molecule has 0 aliphatic carbocycles. The van der Waals surface area contributed by atoms with Crippen molar-refractivity contribution in [3.63, 3.8) is 0 Å². The Morgan fingerprint density at radius 1 is 1.21 bits per heavy atom. The first-order valence-corrected chi connectivity index (χ1v) is 10.9. The third kappa shape index (κ3) is 5.18. The van der Waals surface area contributed by atoms with Gasteiger partial charge in [-0.2, -0.15) is 0 Å². The van der Waals surface area contributed by atoms with Gasteiger partial charge in [0.1, 0.15) is 5.58 Å². The minimum atomic E-state index is 0.125. The summed E-state index contributed by atoms with van der Waals surface area (Å²) in [6.07, 6.45) is 6.25. The van der Waals surface area contributed by atoms with Gasteiger partial charge in [-0.3, -0.25) is 14.6 Å². The average Bonchev–Trinajstić information content (AvgIpc) is 3.22. The summed E-state index contributed by atoms with van der Waals surface area (Å²) in [6.45, 7) is 6.45. The van der Waals surface area contributed by atoms with E-state index in [0.717, 1.165) is 51.1 Å². The molecule has 1 N–H and O–H groups in total. The Morgan fingerprint density at radius 2 is 2.07 bits per heavy atom. The molecular formula is C23H33N3O3. The molecule has 1 atom stereocenters. The number of carbonyl (C=O) groups is 1. The number of amides is 1. The molecule has 1 aromatic carbocycles. The van der Waals surface area contributed by atoms with E-state index in [9.17, 15) is 4.79 Å². The topological polar surface area (TPSA) is 58.0 Å². The van der Waals surface area contributed by atoms with Crippen LogP contribution in [0.4, 0.5) is 0 Å². The Kier molecular flexibility index (Phi) is 6.85. The molecule has 0 bridgehead atoms. The lowest BCUT2D eigenvalue weighted by molar-refractivity contribution is -0.127. The first-order chi connectivity index (χ1) is 14.2. The summed E-state index contributed by atoms with van der Waals surface area (Å²) >= 11 is 0. The maximum atomic E-state index is 12.4. The molecule has 6 nitrogen and oxygen atoms in total. The molecule has 2 aromatic rings. The fraction of sp³-hybridized carbons (Fsp3) is 0.609. The average molecular weight is 400 g/mol. The Morgan fingerprint density at radius 3 is 2.90 bits per heavy atom. The van der Waals surface area contributed by atoms with Crippen LogP contribution < -0.4 is 5.32 Å². The molecule has 2 aliphatic heterocycles. The number of likely N-dealkylation sites (tertiary alicyclic amines) is 2.